The Bertz CT molecular complexity index is 820. The molecule has 0 bridgehead atoms. The van der Waals surface area contributed by atoms with Gasteiger partial charge in [0, 0.05) is 5.56 Å². The highest BCUT2D eigenvalue weighted by molar-refractivity contribution is 5.57. The Labute approximate surface area is 158 Å². The molecule has 0 aromatic heterocycles. The number of hydrogen-bond donors (Lipinski definition) is 1. The molecule has 6 heteroatoms. The predicted molar refractivity (Wildman–Crippen MR) is 102 cm³/mol. The fraction of sp³-hybridized carbons (Fsp3) is 0.333. The van der Waals surface area contributed by atoms with Crippen molar-refractivity contribution in [3.8, 4) is 34.5 Å². The Hall–Kier alpha value is -3.02. The number of hydrogen-bond acceptors (Lipinski definition) is 6. The van der Waals surface area contributed by atoms with Gasteiger partial charge in [0.1, 0.15) is 6.10 Å². The third-order valence-electron chi connectivity index (χ3n) is 4.50. The Morgan fingerprint density at radius 3 is 2.19 bits per heavy atom. The monoisotopic (exact) mass is 372 g/mol. The number of ether oxygens (including phenoxy) is 5. The Kier molecular flexibility index (Phi) is 5.35. The third kappa shape index (κ3) is 3.47. The second-order valence-electron chi connectivity index (χ2n) is 6.25. The van der Waals surface area contributed by atoms with Crippen molar-refractivity contribution in [1.29, 1.82) is 0 Å². The van der Waals surface area contributed by atoms with Crippen LogP contribution in [0.2, 0.25) is 0 Å². The van der Waals surface area contributed by atoms with Crippen LogP contribution >= 0.6 is 0 Å². The van der Waals surface area contributed by atoms with Crippen molar-refractivity contribution >= 4 is 0 Å². The molecule has 1 aliphatic heterocycles. The van der Waals surface area contributed by atoms with Crippen molar-refractivity contribution < 1.29 is 28.8 Å². The largest absolute Gasteiger partial charge is 0.502 e. The summed E-state index contributed by atoms with van der Waals surface area (Å²) in [5, 5.41) is 10.2. The zero-order valence-corrected chi connectivity index (χ0v) is 15.9. The van der Waals surface area contributed by atoms with Crippen LogP contribution in [-0.4, -0.2) is 32.5 Å². The van der Waals surface area contributed by atoms with E-state index in [0.717, 1.165) is 11.1 Å². The first-order valence-corrected chi connectivity index (χ1v) is 8.62. The number of methoxy groups -OCH3 is 3. The highest BCUT2D eigenvalue weighted by atomic mass is 16.6. The van der Waals surface area contributed by atoms with Crippen LogP contribution in [0.15, 0.2) is 36.9 Å². The number of rotatable bonds is 6. The molecule has 0 radical (unpaired) electrons. The van der Waals surface area contributed by atoms with Crippen molar-refractivity contribution in [1.82, 2.24) is 0 Å². The number of phenols is 1. The first-order chi connectivity index (χ1) is 13.0. The molecule has 144 valence electrons. The summed E-state index contributed by atoms with van der Waals surface area (Å²) < 4.78 is 28.4. The molecule has 2 atom stereocenters. The summed E-state index contributed by atoms with van der Waals surface area (Å²) in [5.74, 6) is 2.36. The SMILES string of the molecule is C=CCc1cc(OC)c2c(c1)O[C@@H](c1cc(OC)c(O)c(OC)c1)[C@H](C)O2. The first kappa shape index (κ1) is 18.8. The molecule has 1 heterocycles. The molecule has 1 N–H and O–H groups in total. The van der Waals surface area contributed by atoms with E-state index in [0.29, 0.717) is 35.2 Å². The van der Waals surface area contributed by atoms with Gasteiger partial charge in [-0.25, -0.2) is 0 Å². The van der Waals surface area contributed by atoms with Crippen LogP contribution in [0.1, 0.15) is 24.2 Å². The van der Waals surface area contributed by atoms with Gasteiger partial charge in [-0.1, -0.05) is 6.08 Å². The van der Waals surface area contributed by atoms with Crippen molar-refractivity contribution in [2.24, 2.45) is 0 Å². The zero-order chi connectivity index (χ0) is 19.6. The fourth-order valence-electron chi connectivity index (χ4n) is 3.17. The normalized spacial score (nSPS) is 17.9. The van der Waals surface area contributed by atoms with E-state index in [-0.39, 0.29) is 11.9 Å². The van der Waals surface area contributed by atoms with Gasteiger partial charge in [0.05, 0.1) is 21.3 Å². The summed E-state index contributed by atoms with van der Waals surface area (Å²) in [6.45, 7) is 5.69. The molecule has 2 aromatic carbocycles. The lowest BCUT2D eigenvalue weighted by molar-refractivity contribution is 0.0278. The van der Waals surface area contributed by atoms with E-state index in [1.54, 1.807) is 19.2 Å². The van der Waals surface area contributed by atoms with Gasteiger partial charge < -0.3 is 28.8 Å². The average Bonchev–Trinajstić information content (AvgIpc) is 2.67. The predicted octanol–water partition coefficient (Wildman–Crippen LogP) is 4.05. The van der Waals surface area contributed by atoms with Crippen LogP contribution in [0.3, 0.4) is 0 Å². The molecule has 27 heavy (non-hydrogen) atoms. The van der Waals surface area contributed by atoms with E-state index in [1.807, 2.05) is 25.1 Å². The van der Waals surface area contributed by atoms with Crippen molar-refractivity contribution in [3.63, 3.8) is 0 Å². The molecule has 0 aliphatic carbocycles. The summed E-state index contributed by atoms with van der Waals surface area (Å²) >= 11 is 0. The minimum absolute atomic E-state index is 0.0523. The Morgan fingerprint density at radius 1 is 1.00 bits per heavy atom. The van der Waals surface area contributed by atoms with Crippen LogP contribution in [0.25, 0.3) is 0 Å². The number of aromatic hydroxyl groups is 1. The summed E-state index contributed by atoms with van der Waals surface area (Å²) in [5.41, 5.74) is 1.78. The van der Waals surface area contributed by atoms with Gasteiger partial charge in [0.15, 0.2) is 29.1 Å². The zero-order valence-electron chi connectivity index (χ0n) is 15.9. The maximum atomic E-state index is 10.2. The van der Waals surface area contributed by atoms with Gasteiger partial charge in [-0.2, -0.15) is 0 Å². The van der Waals surface area contributed by atoms with E-state index in [9.17, 15) is 5.11 Å². The minimum Gasteiger partial charge on any atom is -0.502 e. The summed E-state index contributed by atoms with van der Waals surface area (Å²) in [4.78, 5) is 0. The third-order valence-corrected chi connectivity index (χ3v) is 4.50. The lowest BCUT2D eigenvalue weighted by atomic mass is 10.0. The smallest absolute Gasteiger partial charge is 0.204 e. The van der Waals surface area contributed by atoms with Crippen LogP contribution in [-0.2, 0) is 6.42 Å². The molecule has 3 rings (SSSR count). The van der Waals surface area contributed by atoms with Crippen LogP contribution < -0.4 is 23.7 Å². The van der Waals surface area contributed by atoms with E-state index in [4.69, 9.17) is 23.7 Å². The van der Waals surface area contributed by atoms with Crippen molar-refractivity contribution in [2.45, 2.75) is 25.6 Å². The average molecular weight is 372 g/mol. The molecule has 0 saturated carbocycles. The summed E-state index contributed by atoms with van der Waals surface area (Å²) in [7, 11) is 4.58. The van der Waals surface area contributed by atoms with Gasteiger partial charge in [-0.15, -0.1) is 6.58 Å². The summed E-state index contributed by atoms with van der Waals surface area (Å²) in [6, 6.07) is 7.28. The number of allylic oxidation sites excluding steroid dienone is 1. The van der Waals surface area contributed by atoms with Gasteiger partial charge in [-0.3, -0.25) is 0 Å². The lowest BCUT2D eigenvalue weighted by Crippen LogP contribution is -2.31. The number of phenolic OH excluding ortho intramolecular Hbond substituents is 1. The maximum absolute atomic E-state index is 10.2. The van der Waals surface area contributed by atoms with E-state index in [2.05, 4.69) is 6.58 Å². The highest BCUT2D eigenvalue weighted by Gasteiger charge is 2.33. The first-order valence-electron chi connectivity index (χ1n) is 8.62. The van der Waals surface area contributed by atoms with Gasteiger partial charge in [0.25, 0.3) is 0 Å². The molecule has 0 unspecified atom stereocenters. The second-order valence-corrected chi connectivity index (χ2v) is 6.25. The molecule has 0 amide bonds. The molecule has 0 fully saturated rings. The standard InChI is InChI=1S/C21H24O6/c1-6-7-13-8-17(25-5)21-18(9-13)27-20(12(2)26-21)14-10-15(23-3)19(22)16(11-14)24-4/h6,8-12,20,22H,1,7H2,2-5H3/t12-,20+/m0/s1. The van der Waals surface area contributed by atoms with Crippen molar-refractivity contribution in [3.05, 3.63) is 48.0 Å². The molecular formula is C21H24O6. The van der Waals surface area contributed by atoms with Crippen LogP contribution in [0.4, 0.5) is 0 Å². The molecule has 6 nitrogen and oxygen atoms in total. The van der Waals surface area contributed by atoms with Crippen LogP contribution in [0, 0.1) is 0 Å². The number of benzene rings is 2. The Balaban J connectivity index is 2.04. The fourth-order valence-corrected chi connectivity index (χ4v) is 3.17. The van der Waals surface area contributed by atoms with Crippen molar-refractivity contribution in [2.75, 3.05) is 21.3 Å². The summed E-state index contributed by atoms with van der Waals surface area (Å²) in [6.07, 6.45) is 1.80. The van der Waals surface area contributed by atoms with Crippen LogP contribution in [0.5, 0.6) is 34.5 Å². The Morgan fingerprint density at radius 2 is 1.63 bits per heavy atom. The second kappa shape index (κ2) is 7.70. The van der Waals surface area contributed by atoms with Gasteiger partial charge >= 0.3 is 0 Å². The molecule has 0 spiro atoms. The molecule has 2 aromatic rings. The molecule has 0 saturated heterocycles. The maximum Gasteiger partial charge on any atom is 0.204 e. The van der Waals surface area contributed by atoms with Gasteiger partial charge in [-0.05, 0) is 43.2 Å². The van der Waals surface area contributed by atoms with E-state index >= 15 is 0 Å². The van der Waals surface area contributed by atoms with E-state index in [1.165, 1.54) is 14.2 Å². The lowest BCUT2D eigenvalue weighted by Gasteiger charge is -2.33. The highest BCUT2D eigenvalue weighted by Crippen LogP contribution is 2.48. The molecule has 1 aliphatic rings. The minimum atomic E-state index is -0.412. The van der Waals surface area contributed by atoms with Gasteiger partial charge in [0.2, 0.25) is 11.5 Å². The van der Waals surface area contributed by atoms with E-state index < -0.39 is 6.10 Å². The topological polar surface area (TPSA) is 66.4 Å². The number of fused-ring (bicyclic) bond motifs is 1. The quantitative estimate of drug-likeness (QED) is 0.772. The molecular weight excluding hydrogens is 348 g/mol.